The molecule has 2 aromatic carbocycles. The van der Waals surface area contributed by atoms with Gasteiger partial charge >= 0.3 is 6.03 Å². The molecule has 2 aromatic heterocycles. The number of hydrogen-bond donors (Lipinski definition) is 1. The van der Waals surface area contributed by atoms with Crippen molar-refractivity contribution in [2.45, 2.75) is 38.3 Å². The second-order valence-corrected chi connectivity index (χ2v) is 10.9. The molecular formula is C29H28ClN3O3S. The summed E-state index contributed by atoms with van der Waals surface area (Å²) in [7, 11) is 3.19. The van der Waals surface area contributed by atoms with Gasteiger partial charge in [-0.25, -0.2) is 4.79 Å². The highest BCUT2D eigenvalue weighted by Gasteiger charge is 2.36. The van der Waals surface area contributed by atoms with Crippen molar-refractivity contribution in [2.24, 2.45) is 0 Å². The summed E-state index contributed by atoms with van der Waals surface area (Å²) in [6.45, 7) is 0.504. The average molecular weight is 534 g/mol. The number of ether oxygens (including phenoxy) is 2. The first-order chi connectivity index (χ1) is 18.1. The number of fused-ring (bicyclic) bond motifs is 5. The Kier molecular flexibility index (Phi) is 6.34. The molecule has 1 aliphatic heterocycles. The molecule has 0 saturated heterocycles. The van der Waals surface area contributed by atoms with Crippen molar-refractivity contribution in [1.82, 2.24) is 9.47 Å². The molecule has 37 heavy (non-hydrogen) atoms. The quantitative estimate of drug-likeness (QED) is 0.301. The molecule has 0 saturated carbocycles. The van der Waals surface area contributed by atoms with Gasteiger partial charge in [-0.05, 0) is 73.2 Å². The molecule has 2 amide bonds. The Bertz CT molecular complexity index is 1480. The highest BCUT2D eigenvalue weighted by atomic mass is 35.5. The molecular weight excluding hydrogens is 506 g/mol. The first-order valence-electron chi connectivity index (χ1n) is 12.4. The molecule has 0 fully saturated rings. The summed E-state index contributed by atoms with van der Waals surface area (Å²) < 4.78 is 13.2. The molecule has 8 heteroatoms. The lowest BCUT2D eigenvalue weighted by molar-refractivity contribution is 0.194. The smallest absolute Gasteiger partial charge is 0.323 e. The number of nitrogens with zero attached hydrogens (tertiary/aromatic N) is 2. The molecule has 1 atom stereocenters. The number of benzene rings is 2. The number of hydrogen-bond acceptors (Lipinski definition) is 4. The number of urea groups is 1. The van der Waals surface area contributed by atoms with Gasteiger partial charge in [0.15, 0.2) is 0 Å². The van der Waals surface area contributed by atoms with Gasteiger partial charge in [0.2, 0.25) is 0 Å². The van der Waals surface area contributed by atoms with E-state index < -0.39 is 0 Å². The Balaban J connectivity index is 1.48. The van der Waals surface area contributed by atoms with Gasteiger partial charge in [-0.2, -0.15) is 0 Å². The lowest BCUT2D eigenvalue weighted by atomic mass is 9.95. The Morgan fingerprint density at radius 1 is 1.03 bits per heavy atom. The number of nitrogens with one attached hydrogen (secondary N) is 1. The van der Waals surface area contributed by atoms with Crippen LogP contribution in [-0.2, 0) is 19.4 Å². The zero-order valence-corrected chi connectivity index (χ0v) is 22.4. The van der Waals surface area contributed by atoms with E-state index in [-0.39, 0.29) is 12.1 Å². The topological polar surface area (TPSA) is 55.7 Å². The van der Waals surface area contributed by atoms with Crippen LogP contribution in [0.15, 0.2) is 60.8 Å². The van der Waals surface area contributed by atoms with E-state index in [9.17, 15) is 4.79 Å². The largest absolute Gasteiger partial charge is 0.497 e. The molecule has 6 rings (SSSR count). The van der Waals surface area contributed by atoms with Crippen LogP contribution in [0.4, 0.5) is 10.5 Å². The van der Waals surface area contributed by atoms with Crippen molar-refractivity contribution in [1.29, 1.82) is 0 Å². The zero-order valence-electron chi connectivity index (χ0n) is 20.8. The van der Waals surface area contributed by atoms with Crippen LogP contribution in [0.25, 0.3) is 5.00 Å². The van der Waals surface area contributed by atoms with Crippen LogP contribution < -0.4 is 14.8 Å². The first kappa shape index (κ1) is 23.9. The molecule has 0 bridgehead atoms. The Hall–Kier alpha value is -3.42. The van der Waals surface area contributed by atoms with E-state index in [4.69, 9.17) is 21.1 Å². The van der Waals surface area contributed by atoms with E-state index in [0.29, 0.717) is 28.8 Å². The molecule has 2 aliphatic rings. The minimum absolute atomic E-state index is 0.204. The van der Waals surface area contributed by atoms with Gasteiger partial charge in [0.05, 0.1) is 38.2 Å². The highest BCUT2D eigenvalue weighted by Crippen LogP contribution is 2.44. The fourth-order valence-corrected chi connectivity index (χ4v) is 7.11. The summed E-state index contributed by atoms with van der Waals surface area (Å²) in [5.41, 5.74) is 5.26. The normalized spacial score (nSPS) is 16.3. The molecule has 1 N–H and O–H groups in total. The van der Waals surface area contributed by atoms with Crippen molar-refractivity contribution in [3.8, 4) is 16.5 Å². The third kappa shape index (κ3) is 4.26. The molecule has 190 valence electrons. The average Bonchev–Trinajstić information content (AvgIpc) is 3.50. The van der Waals surface area contributed by atoms with Gasteiger partial charge in [0.1, 0.15) is 16.5 Å². The zero-order chi connectivity index (χ0) is 25.5. The molecule has 3 heterocycles. The standard InChI is InChI=1S/C29H28ClN3O3S/c1-35-20-12-13-23(25(16-20)36-2)31-29(34)33-17-22-21-9-3-4-11-26(21)37-28(22)32-14-6-10-24(32)27(33)18-7-5-8-19(30)15-18/h5-8,10,12-16,27H,3-4,9,11,17H2,1-2H3,(H,31,34)/t27-/m0/s1. The summed E-state index contributed by atoms with van der Waals surface area (Å²) in [6.07, 6.45) is 6.68. The van der Waals surface area contributed by atoms with Gasteiger partial charge in [0.25, 0.3) is 0 Å². The van der Waals surface area contributed by atoms with Crippen LogP contribution in [0.2, 0.25) is 5.02 Å². The maximum atomic E-state index is 14.1. The lowest BCUT2D eigenvalue weighted by Gasteiger charge is -2.31. The Labute approximate surface area is 225 Å². The predicted octanol–water partition coefficient (Wildman–Crippen LogP) is 7.23. The fourth-order valence-electron chi connectivity index (χ4n) is 5.50. The second-order valence-electron chi connectivity index (χ2n) is 9.38. The SMILES string of the molecule is COc1ccc(NC(=O)N2Cc3c(sc4c3CCCC4)-n3cccc3[C@@H]2c2cccc(Cl)c2)c(OC)c1. The monoisotopic (exact) mass is 533 g/mol. The van der Waals surface area contributed by atoms with Gasteiger partial charge in [-0.1, -0.05) is 23.7 Å². The summed E-state index contributed by atoms with van der Waals surface area (Å²) in [5.74, 6) is 1.20. The summed E-state index contributed by atoms with van der Waals surface area (Å²) >= 11 is 8.31. The molecule has 4 aromatic rings. The summed E-state index contributed by atoms with van der Waals surface area (Å²) in [4.78, 5) is 17.5. The molecule has 0 spiro atoms. The van der Waals surface area contributed by atoms with Gasteiger partial charge in [0, 0.05) is 27.7 Å². The van der Waals surface area contributed by atoms with Crippen molar-refractivity contribution in [3.63, 3.8) is 0 Å². The summed E-state index contributed by atoms with van der Waals surface area (Å²) in [5, 5.41) is 4.98. The molecule has 1 aliphatic carbocycles. The fraction of sp³-hybridized carbons (Fsp3) is 0.276. The van der Waals surface area contributed by atoms with E-state index in [0.717, 1.165) is 24.1 Å². The Morgan fingerprint density at radius 2 is 1.89 bits per heavy atom. The van der Waals surface area contributed by atoms with Gasteiger partial charge in [-0.15, -0.1) is 11.3 Å². The van der Waals surface area contributed by atoms with Crippen LogP contribution in [-0.4, -0.2) is 29.7 Å². The summed E-state index contributed by atoms with van der Waals surface area (Å²) in [6, 6.07) is 16.8. The van der Waals surface area contributed by atoms with Crippen LogP contribution in [0.5, 0.6) is 11.5 Å². The highest BCUT2D eigenvalue weighted by molar-refractivity contribution is 7.15. The van der Waals surface area contributed by atoms with Crippen molar-refractivity contribution >= 4 is 34.7 Å². The van der Waals surface area contributed by atoms with E-state index in [1.165, 1.54) is 33.8 Å². The van der Waals surface area contributed by atoms with Gasteiger partial charge < -0.3 is 24.3 Å². The number of aromatic nitrogens is 1. The number of rotatable bonds is 4. The number of carbonyl (C=O) groups is 1. The number of thiophene rings is 1. The number of anilines is 1. The van der Waals surface area contributed by atoms with Crippen molar-refractivity contribution in [3.05, 3.63) is 93.1 Å². The molecule has 0 unspecified atom stereocenters. The van der Waals surface area contributed by atoms with Crippen LogP contribution in [0.1, 0.15) is 46.1 Å². The third-order valence-electron chi connectivity index (χ3n) is 7.25. The van der Waals surface area contributed by atoms with Crippen LogP contribution >= 0.6 is 22.9 Å². The molecule has 6 nitrogen and oxygen atoms in total. The minimum Gasteiger partial charge on any atom is -0.497 e. The Morgan fingerprint density at radius 3 is 2.70 bits per heavy atom. The van der Waals surface area contributed by atoms with Crippen molar-refractivity contribution < 1.29 is 14.3 Å². The maximum absolute atomic E-state index is 14.1. The number of amides is 2. The van der Waals surface area contributed by atoms with Crippen LogP contribution in [0, 0.1) is 0 Å². The second kappa shape index (κ2) is 9.80. The predicted molar refractivity (Wildman–Crippen MR) is 148 cm³/mol. The number of carbonyl (C=O) groups excluding carboxylic acids is 1. The minimum atomic E-state index is -0.322. The van der Waals surface area contributed by atoms with Crippen molar-refractivity contribution in [2.75, 3.05) is 19.5 Å². The molecule has 0 radical (unpaired) electrons. The number of methoxy groups -OCH3 is 2. The number of halogens is 1. The van der Waals surface area contributed by atoms with Gasteiger partial charge in [-0.3, -0.25) is 0 Å². The maximum Gasteiger partial charge on any atom is 0.323 e. The van der Waals surface area contributed by atoms with E-state index >= 15 is 0 Å². The van der Waals surface area contributed by atoms with E-state index in [2.05, 4.69) is 28.2 Å². The lowest BCUT2D eigenvalue weighted by Crippen LogP contribution is -2.38. The van der Waals surface area contributed by atoms with Crippen LogP contribution in [0.3, 0.4) is 0 Å². The van der Waals surface area contributed by atoms with E-state index in [1.807, 2.05) is 52.6 Å². The first-order valence-corrected chi connectivity index (χ1v) is 13.6. The van der Waals surface area contributed by atoms with E-state index in [1.54, 1.807) is 20.3 Å². The number of aryl methyl sites for hydroxylation is 1. The third-order valence-corrected chi connectivity index (χ3v) is 8.82.